The molecule has 108 valence electrons. The molecule has 2 aliphatic heterocycles. The van der Waals surface area contributed by atoms with Crippen LogP contribution in [-0.2, 0) is 4.74 Å². The van der Waals surface area contributed by atoms with E-state index in [-0.39, 0.29) is 12.0 Å². The number of nitrogens with one attached hydrogen (secondary N) is 1. The van der Waals surface area contributed by atoms with Crippen LogP contribution in [0, 0.1) is 6.92 Å². The van der Waals surface area contributed by atoms with Crippen LogP contribution in [0.4, 0.5) is 4.79 Å². The number of carbonyl (C=O) groups excluding carboxylic acids is 2. The molecule has 7 nitrogen and oxygen atoms in total. The lowest BCUT2D eigenvalue weighted by Gasteiger charge is -2.37. The number of ether oxygens (including phenoxy) is 1. The second kappa shape index (κ2) is 4.50. The van der Waals surface area contributed by atoms with Crippen LogP contribution >= 0.6 is 0 Å². The Balaban J connectivity index is 1.76. The van der Waals surface area contributed by atoms with Crippen molar-refractivity contribution in [2.24, 2.45) is 0 Å². The lowest BCUT2D eigenvalue weighted by atomic mass is 9.92. The summed E-state index contributed by atoms with van der Waals surface area (Å²) >= 11 is 0. The van der Waals surface area contributed by atoms with Crippen LogP contribution in [0.15, 0.2) is 6.20 Å². The van der Waals surface area contributed by atoms with E-state index >= 15 is 0 Å². The fraction of sp³-hybridized carbons (Fsp3) is 0.615. The van der Waals surface area contributed by atoms with Gasteiger partial charge in [0, 0.05) is 25.5 Å². The largest absolute Gasteiger partial charge is 0.439 e. The fourth-order valence-electron chi connectivity index (χ4n) is 2.95. The summed E-state index contributed by atoms with van der Waals surface area (Å²) in [7, 11) is 1.72. The summed E-state index contributed by atoms with van der Waals surface area (Å²) in [4.78, 5) is 34.3. The van der Waals surface area contributed by atoms with Gasteiger partial charge in [0.25, 0.3) is 5.91 Å². The summed E-state index contributed by atoms with van der Waals surface area (Å²) in [6.45, 7) is 3.49. The lowest BCUT2D eigenvalue weighted by Crippen LogP contribution is -2.52. The van der Waals surface area contributed by atoms with Gasteiger partial charge in [0.05, 0.1) is 13.1 Å². The van der Waals surface area contributed by atoms with Crippen molar-refractivity contribution in [2.45, 2.75) is 25.4 Å². The van der Waals surface area contributed by atoms with Crippen molar-refractivity contribution in [3.05, 3.63) is 17.7 Å². The Bertz CT molecular complexity index is 556. The maximum absolute atomic E-state index is 12.4. The number of aromatic nitrogens is 2. The highest BCUT2D eigenvalue weighted by molar-refractivity contribution is 5.90. The smallest absolute Gasteiger partial charge is 0.410 e. The number of aryl methyl sites for hydroxylation is 1. The summed E-state index contributed by atoms with van der Waals surface area (Å²) in [5.41, 5.74) is 0.300. The molecule has 1 aromatic heterocycles. The minimum atomic E-state index is -0.554. The van der Waals surface area contributed by atoms with Crippen molar-refractivity contribution in [2.75, 3.05) is 26.7 Å². The zero-order valence-electron chi connectivity index (χ0n) is 11.7. The first-order chi connectivity index (χ1) is 9.49. The third-order valence-electron chi connectivity index (χ3n) is 3.87. The lowest BCUT2D eigenvalue weighted by molar-refractivity contribution is -0.00559. The molecule has 20 heavy (non-hydrogen) atoms. The number of carbonyl (C=O) groups is 2. The van der Waals surface area contributed by atoms with Crippen molar-refractivity contribution in [3.8, 4) is 0 Å². The van der Waals surface area contributed by atoms with Crippen LogP contribution in [0.3, 0.4) is 0 Å². The molecule has 2 saturated heterocycles. The van der Waals surface area contributed by atoms with Crippen LogP contribution in [-0.4, -0.2) is 64.1 Å². The minimum Gasteiger partial charge on any atom is -0.439 e. The predicted octanol–water partition coefficient (Wildman–Crippen LogP) is 0.775. The average molecular weight is 278 g/mol. The molecule has 0 bridgehead atoms. The number of hydrogen-bond donors (Lipinski definition) is 1. The number of likely N-dealkylation sites (N-methyl/N-ethyl adjacent to an activating group) is 1. The Morgan fingerprint density at radius 3 is 2.90 bits per heavy atom. The third kappa shape index (κ3) is 2.13. The maximum Gasteiger partial charge on any atom is 0.410 e. The molecule has 3 heterocycles. The quantitative estimate of drug-likeness (QED) is 0.823. The average Bonchev–Trinajstić information content (AvgIpc) is 2.94. The van der Waals surface area contributed by atoms with E-state index in [9.17, 15) is 9.59 Å². The summed E-state index contributed by atoms with van der Waals surface area (Å²) in [5, 5.41) is 0. The van der Waals surface area contributed by atoms with Gasteiger partial charge in [-0.2, -0.15) is 0 Å². The van der Waals surface area contributed by atoms with Crippen LogP contribution < -0.4 is 0 Å². The van der Waals surface area contributed by atoms with E-state index in [2.05, 4.69) is 9.97 Å². The van der Waals surface area contributed by atoms with E-state index in [1.54, 1.807) is 23.0 Å². The fourth-order valence-corrected chi connectivity index (χ4v) is 2.95. The van der Waals surface area contributed by atoms with E-state index in [0.29, 0.717) is 25.5 Å². The SMILES string of the molecule is Cc1cnc(C(=O)N2CCC[C@]3(CN(C)C(=O)O3)C2)[nH]1. The highest BCUT2D eigenvalue weighted by Gasteiger charge is 2.47. The van der Waals surface area contributed by atoms with Gasteiger partial charge in [0.15, 0.2) is 5.82 Å². The number of imidazole rings is 1. The highest BCUT2D eigenvalue weighted by atomic mass is 16.6. The van der Waals surface area contributed by atoms with Gasteiger partial charge in [0.2, 0.25) is 0 Å². The zero-order chi connectivity index (χ0) is 14.3. The molecule has 0 saturated carbocycles. The van der Waals surface area contributed by atoms with Crippen molar-refractivity contribution in [1.82, 2.24) is 19.8 Å². The van der Waals surface area contributed by atoms with Crippen molar-refractivity contribution in [1.29, 1.82) is 0 Å². The Labute approximate surface area is 116 Å². The summed E-state index contributed by atoms with van der Waals surface area (Å²) in [6, 6.07) is 0. The van der Waals surface area contributed by atoms with Crippen LogP contribution in [0.1, 0.15) is 29.2 Å². The number of nitrogens with zero attached hydrogens (tertiary/aromatic N) is 3. The maximum atomic E-state index is 12.4. The minimum absolute atomic E-state index is 0.136. The van der Waals surface area contributed by atoms with Crippen LogP contribution in [0.2, 0.25) is 0 Å². The molecule has 1 atom stereocenters. The second-order valence-corrected chi connectivity index (χ2v) is 5.65. The summed E-state index contributed by atoms with van der Waals surface area (Å²) in [5.74, 6) is 0.208. The molecular formula is C13H18N4O3. The third-order valence-corrected chi connectivity index (χ3v) is 3.87. The van der Waals surface area contributed by atoms with Crippen molar-refractivity contribution >= 4 is 12.0 Å². The molecular weight excluding hydrogens is 260 g/mol. The second-order valence-electron chi connectivity index (χ2n) is 5.65. The molecule has 3 rings (SSSR count). The summed E-state index contributed by atoms with van der Waals surface area (Å²) in [6.07, 6.45) is 2.94. The normalized spacial score (nSPS) is 26.2. The van der Waals surface area contributed by atoms with Gasteiger partial charge in [-0.1, -0.05) is 0 Å². The predicted molar refractivity (Wildman–Crippen MR) is 70.3 cm³/mol. The van der Waals surface area contributed by atoms with Crippen molar-refractivity contribution < 1.29 is 14.3 Å². The topological polar surface area (TPSA) is 78.5 Å². The molecule has 1 spiro atoms. The Hall–Kier alpha value is -2.05. The van der Waals surface area contributed by atoms with Crippen LogP contribution in [0.25, 0.3) is 0 Å². The molecule has 7 heteroatoms. The van der Waals surface area contributed by atoms with E-state index in [1.807, 2.05) is 6.92 Å². The number of likely N-dealkylation sites (tertiary alicyclic amines) is 1. The molecule has 2 fully saturated rings. The first-order valence-electron chi connectivity index (χ1n) is 6.74. The zero-order valence-corrected chi connectivity index (χ0v) is 11.7. The monoisotopic (exact) mass is 278 g/mol. The number of H-pyrrole nitrogens is 1. The number of hydrogen-bond acceptors (Lipinski definition) is 4. The van der Waals surface area contributed by atoms with Gasteiger partial charge in [-0.3, -0.25) is 4.79 Å². The Kier molecular flexibility index (Phi) is 2.92. The molecule has 0 aromatic carbocycles. The molecule has 0 aliphatic carbocycles. The van der Waals surface area contributed by atoms with E-state index < -0.39 is 5.60 Å². The molecule has 0 radical (unpaired) electrons. The number of aromatic amines is 1. The molecule has 2 aliphatic rings. The van der Waals surface area contributed by atoms with Crippen molar-refractivity contribution in [3.63, 3.8) is 0 Å². The Morgan fingerprint density at radius 1 is 1.50 bits per heavy atom. The number of amides is 2. The van der Waals surface area contributed by atoms with Gasteiger partial charge in [-0.05, 0) is 19.8 Å². The van der Waals surface area contributed by atoms with Gasteiger partial charge in [-0.25, -0.2) is 9.78 Å². The first-order valence-corrected chi connectivity index (χ1v) is 6.74. The first kappa shape index (κ1) is 13.0. The molecule has 1 N–H and O–H groups in total. The van der Waals surface area contributed by atoms with Gasteiger partial charge in [-0.15, -0.1) is 0 Å². The molecule has 1 aromatic rings. The van der Waals surface area contributed by atoms with E-state index in [4.69, 9.17) is 4.74 Å². The number of rotatable bonds is 1. The standard InChI is InChI=1S/C13H18N4O3/c1-9-6-14-10(15-9)11(18)17-5-3-4-13(8-17)7-16(2)12(19)20-13/h6H,3-5,7-8H2,1-2H3,(H,14,15)/t13-/m0/s1. The molecule has 0 unspecified atom stereocenters. The van der Waals surface area contributed by atoms with E-state index in [0.717, 1.165) is 18.5 Å². The number of piperidine rings is 1. The van der Waals surface area contributed by atoms with Gasteiger partial charge in [0.1, 0.15) is 5.60 Å². The van der Waals surface area contributed by atoms with Gasteiger partial charge >= 0.3 is 6.09 Å². The van der Waals surface area contributed by atoms with Gasteiger partial charge < -0.3 is 19.5 Å². The van der Waals surface area contributed by atoms with Crippen LogP contribution in [0.5, 0.6) is 0 Å². The Morgan fingerprint density at radius 2 is 2.30 bits per heavy atom. The highest BCUT2D eigenvalue weighted by Crippen LogP contribution is 2.31. The van der Waals surface area contributed by atoms with E-state index in [1.165, 1.54) is 0 Å². The molecule has 2 amide bonds. The summed E-state index contributed by atoms with van der Waals surface area (Å²) < 4.78 is 5.49.